The van der Waals surface area contributed by atoms with Crippen molar-refractivity contribution in [3.63, 3.8) is 0 Å². The number of Topliss-reactive ketones (excluding diaryl/α,β-unsaturated/α-hetero) is 1. The zero-order valence-electron chi connectivity index (χ0n) is 10.4. The third kappa shape index (κ3) is 2.36. The van der Waals surface area contributed by atoms with Crippen molar-refractivity contribution in [2.45, 2.75) is 40.0 Å². The quantitative estimate of drug-likeness (QED) is 0.834. The Labute approximate surface area is 105 Å². The standard InChI is InChI=1S/C13H16N2OS/c1-4-5-10(16)6-11-12-8(2)9(3)17-13(12)15-7-14-11/h7H,4-6H2,1-3H3. The SMILES string of the molecule is CCCC(=O)Cc1ncnc2sc(C)c(C)c12. The summed E-state index contributed by atoms with van der Waals surface area (Å²) in [4.78, 5) is 22.5. The van der Waals surface area contributed by atoms with Crippen molar-refractivity contribution < 1.29 is 4.79 Å². The normalized spacial score (nSPS) is 11.0. The van der Waals surface area contributed by atoms with Crippen LogP contribution in [-0.2, 0) is 11.2 Å². The van der Waals surface area contributed by atoms with E-state index in [0.29, 0.717) is 12.8 Å². The highest BCUT2D eigenvalue weighted by molar-refractivity contribution is 7.18. The van der Waals surface area contributed by atoms with Gasteiger partial charge >= 0.3 is 0 Å². The molecule has 2 rings (SSSR count). The molecule has 17 heavy (non-hydrogen) atoms. The summed E-state index contributed by atoms with van der Waals surface area (Å²) in [5.41, 5.74) is 2.10. The molecule has 0 N–H and O–H groups in total. The first kappa shape index (κ1) is 12.2. The van der Waals surface area contributed by atoms with E-state index in [1.165, 1.54) is 10.4 Å². The van der Waals surface area contributed by atoms with Crippen LogP contribution in [-0.4, -0.2) is 15.8 Å². The molecule has 0 radical (unpaired) electrons. The highest BCUT2D eigenvalue weighted by atomic mass is 32.1. The van der Waals surface area contributed by atoms with Gasteiger partial charge in [0.1, 0.15) is 16.9 Å². The molecule has 2 heterocycles. The van der Waals surface area contributed by atoms with Crippen molar-refractivity contribution in [3.05, 3.63) is 22.5 Å². The van der Waals surface area contributed by atoms with Gasteiger partial charge in [-0.25, -0.2) is 9.97 Å². The Morgan fingerprint density at radius 2 is 2.12 bits per heavy atom. The Balaban J connectivity index is 2.43. The van der Waals surface area contributed by atoms with E-state index >= 15 is 0 Å². The monoisotopic (exact) mass is 248 g/mol. The first-order valence-electron chi connectivity index (χ1n) is 5.84. The number of hydrogen-bond acceptors (Lipinski definition) is 4. The maximum Gasteiger partial charge on any atom is 0.138 e. The smallest absolute Gasteiger partial charge is 0.138 e. The number of nitrogens with zero attached hydrogens (tertiary/aromatic N) is 2. The van der Waals surface area contributed by atoms with Crippen LogP contribution in [0, 0.1) is 13.8 Å². The summed E-state index contributed by atoms with van der Waals surface area (Å²) in [5, 5.41) is 1.08. The summed E-state index contributed by atoms with van der Waals surface area (Å²) in [6.07, 6.45) is 3.53. The summed E-state index contributed by atoms with van der Waals surface area (Å²) in [6.45, 7) is 6.18. The molecule has 0 saturated carbocycles. The predicted octanol–water partition coefficient (Wildman–Crippen LogP) is 3.22. The fourth-order valence-corrected chi connectivity index (χ4v) is 2.96. The van der Waals surface area contributed by atoms with Crippen LogP contribution < -0.4 is 0 Å². The van der Waals surface area contributed by atoms with Crippen LogP contribution in [0.3, 0.4) is 0 Å². The molecule has 0 bridgehead atoms. The third-order valence-electron chi connectivity index (χ3n) is 2.94. The second kappa shape index (κ2) is 4.92. The van der Waals surface area contributed by atoms with Crippen LogP contribution in [0.2, 0.25) is 0 Å². The number of carbonyl (C=O) groups is 1. The van der Waals surface area contributed by atoms with Crippen molar-refractivity contribution in [1.82, 2.24) is 9.97 Å². The molecule has 0 aliphatic heterocycles. The molecule has 2 aromatic rings. The molecule has 3 nitrogen and oxygen atoms in total. The first-order chi connectivity index (χ1) is 8.13. The fraction of sp³-hybridized carbons (Fsp3) is 0.462. The van der Waals surface area contributed by atoms with E-state index in [1.54, 1.807) is 17.7 Å². The molecule has 0 unspecified atom stereocenters. The van der Waals surface area contributed by atoms with Gasteiger partial charge in [0, 0.05) is 23.1 Å². The van der Waals surface area contributed by atoms with Gasteiger partial charge in [-0.1, -0.05) is 6.92 Å². The van der Waals surface area contributed by atoms with E-state index in [-0.39, 0.29) is 5.78 Å². The number of fused-ring (bicyclic) bond motifs is 1. The molecule has 0 fully saturated rings. The molecule has 90 valence electrons. The molecule has 0 aliphatic rings. The van der Waals surface area contributed by atoms with Crippen molar-refractivity contribution in [2.75, 3.05) is 0 Å². The van der Waals surface area contributed by atoms with Gasteiger partial charge in [0.2, 0.25) is 0 Å². The topological polar surface area (TPSA) is 42.9 Å². The molecule has 0 aliphatic carbocycles. The second-order valence-electron chi connectivity index (χ2n) is 4.25. The van der Waals surface area contributed by atoms with Crippen LogP contribution in [0.1, 0.15) is 35.9 Å². The number of thiophene rings is 1. The molecule has 0 saturated heterocycles. The average Bonchev–Trinajstić information content (AvgIpc) is 2.56. The zero-order chi connectivity index (χ0) is 12.4. The maximum atomic E-state index is 11.7. The molecular formula is C13H16N2OS. The number of ketones is 1. The van der Waals surface area contributed by atoms with Crippen LogP contribution in [0.15, 0.2) is 6.33 Å². The lowest BCUT2D eigenvalue weighted by atomic mass is 10.1. The molecule has 0 aromatic carbocycles. The Kier molecular flexibility index (Phi) is 3.52. The molecule has 0 atom stereocenters. The average molecular weight is 248 g/mol. The molecule has 0 amide bonds. The fourth-order valence-electron chi connectivity index (χ4n) is 1.94. The van der Waals surface area contributed by atoms with E-state index in [0.717, 1.165) is 22.3 Å². The van der Waals surface area contributed by atoms with E-state index in [1.807, 2.05) is 6.92 Å². The van der Waals surface area contributed by atoms with Gasteiger partial charge in [-0.15, -0.1) is 11.3 Å². The summed E-state index contributed by atoms with van der Waals surface area (Å²) < 4.78 is 0. The Bertz CT molecular complexity index is 560. The summed E-state index contributed by atoms with van der Waals surface area (Å²) in [6, 6.07) is 0. The van der Waals surface area contributed by atoms with Crippen LogP contribution in [0.25, 0.3) is 10.2 Å². The predicted molar refractivity (Wildman–Crippen MR) is 70.5 cm³/mol. The minimum atomic E-state index is 0.260. The second-order valence-corrected chi connectivity index (χ2v) is 5.45. The number of aryl methyl sites for hydroxylation is 2. The van der Waals surface area contributed by atoms with E-state index in [9.17, 15) is 4.79 Å². The number of rotatable bonds is 4. The van der Waals surface area contributed by atoms with Gasteiger partial charge in [0.15, 0.2) is 0 Å². The van der Waals surface area contributed by atoms with Gasteiger partial charge in [0.25, 0.3) is 0 Å². The van der Waals surface area contributed by atoms with E-state index in [4.69, 9.17) is 0 Å². The van der Waals surface area contributed by atoms with Crippen LogP contribution >= 0.6 is 11.3 Å². The lowest BCUT2D eigenvalue weighted by Crippen LogP contribution is -2.04. The van der Waals surface area contributed by atoms with Gasteiger partial charge < -0.3 is 0 Å². The lowest BCUT2D eigenvalue weighted by molar-refractivity contribution is -0.118. The minimum absolute atomic E-state index is 0.260. The third-order valence-corrected chi connectivity index (χ3v) is 4.05. The molecule has 2 aromatic heterocycles. The maximum absolute atomic E-state index is 11.7. The van der Waals surface area contributed by atoms with Crippen molar-refractivity contribution in [2.24, 2.45) is 0 Å². The van der Waals surface area contributed by atoms with Gasteiger partial charge in [-0.3, -0.25) is 4.79 Å². The minimum Gasteiger partial charge on any atom is -0.299 e. The summed E-state index contributed by atoms with van der Waals surface area (Å²) >= 11 is 1.67. The molecular weight excluding hydrogens is 232 g/mol. The Morgan fingerprint density at radius 3 is 2.82 bits per heavy atom. The van der Waals surface area contributed by atoms with Crippen LogP contribution in [0.5, 0.6) is 0 Å². The van der Waals surface area contributed by atoms with Crippen molar-refractivity contribution >= 4 is 27.3 Å². The Hall–Kier alpha value is -1.29. The van der Waals surface area contributed by atoms with Gasteiger partial charge in [-0.05, 0) is 25.8 Å². The lowest BCUT2D eigenvalue weighted by Gasteiger charge is -2.02. The summed E-state index contributed by atoms with van der Waals surface area (Å²) in [7, 11) is 0. The summed E-state index contributed by atoms with van der Waals surface area (Å²) in [5.74, 6) is 0.260. The number of carbonyl (C=O) groups excluding carboxylic acids is 1. The van der Waals surface area contributed by atoms with Crippen molar-refractivity contribution in [3.8, 4) is 0 Å². The molecule has 4 heteroatoms. The first-order valence-corrected chi connectivity index (χ1v) is 6.66. The highest BCUT2D eigenvalue weighted by Crippen LogP contribution is 2.30. The van der Waals surface area contributed by atoms with Gasteiger partial charge in [-0.2, -0.15) is 0 Å². The van der Waals surface area contributed by atoms with Gasteiger partial charge in [0.05, 0.1) is 5.69 Å². The highest BCUT2D eigenvalue weighted by Gasteiger charge is 2.13. The Morgan fingerprint density at radius 1 is 1.35 bits per heavy atom. The number of hydrogen-bond donors (Lipinski definition) is 0. The zero-order valence-corrected chi connectivity index (χ0v) is 11.2. The molecule has 0 spiro atoms. The van der Waals surface area contributed by atoms with E-state index in [2.05, 4.69) is 23.8 Å². The van der Waals surface area contributed by atoms with Crippen molar-refractivity contribution in [1.29, 1.82) is 0 Å². The van der Waals surface area contributed by atoms with Crippen LogP contribution in [0.4, 0.5) is 0 Å². The largest absolute Gasteiger partial charge is 0.299 e. The number of aromatic nitrogens is 2. The van der Waals surface area contributed by atoms with E-state index < -0.39 is 0 Å².